The predicted molar refractivity (Wildman–Crippen MR) is 135 cm³/mol. The van der Waals surface area contributed by atoms with Gasteiger partial charge in [-0.1, -0.05) is 24.3 Å². The number of hydrogen-bond donors (Lipinski definition) is 3. The van der Waals surface area contributed by atoms with Crippen LogP contribution in [0.5, 0.6) is 5.75 Å². The van der Waals surface area contributed by atoms with Crippen molar-refractivity contribution in [1.82, 2.24) is 5.32 Å². The molecule has 0 fully saturated rings. The molecule has 0 saturated heterocycles. The first-order valence-electron chi connectivity index (χ1n) is 11.0. The molecule has 12 nitrogen and oxygen atoms in total. The summed E-state index contributed by atoms with van der Waals surface area (Å²) >= 11 is 0. The molecule has 0 radical (unpaired) electrons. The van der Waals surface area contributed by atoms with E-state index in [4.69, 9.17) is 9.84 Å². The lowest BCUT2D eigenvalue weighted by molar-refractivity contribution is -0.384. The van der Waals surface area contributed by atoms with Crippen molar-refractivity contribution in [2.24, 2.45) is 0 Å². The number of aliphatic carboxylic acids is 1. The van der Waals surface area contributed by atoms with Crippen LogP contribution in [0.2, 0.25) is 0 Å². The van der Waals surface area contributed by atoms with Gasteiger partial charge in [-0.3, -0.25) is 29.2 Å². The quantitative estimate of drug-likeness (QED) is 0.150. The minimum absolute atomic E-state index is 0.0595. The summed E-state index contributed by atoms with van der Waals surface area (Å²) in [6.45, 7) is 2.54. The van der Waals surface area contributed by atoms with Gasteiger partial charge in [-0.25, -0.2) is 8.42 Å². The van der Waals surface area contributed by atoms with Gasteiger partial charge >= 0.3 is 11.9 Å². The Morgan fingerprint density at radius 3 is 2.16 bits per heavy atom. The molecule has 3 rings (SSSR count). The zero-order chi connectivity index (χ0) is 28.1. The molecule has 0 atom stereocenters. The third-order valence-corrected chi connectivity index (χ3v) is 6.85. The predicted octanol–water partition coefficient (Wildman–Crippen LogP) is 3.09. The number of anilines is 1. The second-order valence-electron chi connectivity index (χ2n) is 8.52. The van der Waals surface area contributed by atoms with Crippen LogP contribution in [0.3, 0.4) is 0 Å². The average molecular weight is 542 g/mol. The maximum atomic E-state index is 12.9. The molecule has 0 spiro atoms. The third kappa shape index (κ3) is 6.50. The highest BCUT2D eigenvalue weighted by molar-refractivity contribution is 7.92. The van der Waals surface area contributed by atoms with Gasteiger partial charge in [0.2, 0.25) is 0 Å². The van der Waals surface area contributed by atoms with Crippen molar-refractivity contribution in [3.8, 4) is 5.75 Å². The number of benzene rings is 3. The Morgan fingerprint density at radius 1 is 0.974 bits per heavy atom. The summed E-state index contributed by atoms with van der Waals surface area (Å²) in [5, 5.41) is 21.8. The number of nitro benzene ring substituents is 1. The summed E-state index contributed by atoms with van der Waals surface area (Å²) < 4.78 is 33.5. The molecule has 3 N–H and O–H groups in total. The summed E-state index contributed by atoms with van der Waals surface area (Å²) in [4.78, 5) is 45.9. The summed E-state index contributed by atoms with van der Waals surface area (Å²) in [5.41, 5.74) is -0.923. The molecule has 0 aliphatic carbocycles. The van der Waals surface area contributed by atoms with Crippen LogP contribution in [0.15, 0.2) is 77.7 Å². The number of ether oxygens (including phenoxy) is 1. The van der Waals surface area contributed by atoms with E-state index >= 15 is 0 Å². The lowest BCUT2D eigenvalue weighted by atomic mass is 9.84. The van der Waals surface area contributed by atoms with E-state index in [0.717, 1.165) is 0 Å². The van der Waals surface area contributed by atoms with Gasteiger partial charge in [0.1, 0.15) is 12.3 Å². The van der Waals surface area contributed by atoms with E-state index in [2.05, 4.69) is 10.0 Å². The number of carboxylic acid groups (broad SMARTS) is 1. The highest BCUT2D eigenvalue weighted by Gasteiger charge is 2.32. The molecule has 0 heterocycles. The van der Waals surface area contributed by atoms with Crippen LogP contribution in [-0.2, 0) is 25.0 Å². The van der Waals surface area contributed by atoms with Gasteiger partial charge in [-0.2, -0.15) is 0 Å². The third-order valence-electron chi connectivity index (χ3n) is 5.47. The highest BCUT2D eigenvalue weighted by atomic mass is 32.2. The molecule has 1 amide bonds. The van der Waals surface area contributed by atoms with E-state index < -0.39 is 44.8 Å². The normalized spacial score (nSPS) is 11.3. The van der Waals surface area contributed by atoms with E-state index in [1.165, 1.54) is 72.8 Å². The fraction of sp³-hybridized carbons (Fsp3) is 0.160. The zero-order valence-electron chi connectivity index (χ0n) is 20.2. The number of rotatable bonds is 10. The molecule has 0 saturated carbocycles. The zero-order valence-corrected chi connectivity index (χ0v) is 21.0. The van der Waals surface area contributed by atoms with E-state index in [1.54, 1.807) is 13.8 Å². The number of nitro groups is 1. The lowest BCUT2D eigenvalue weighted by Gasteiger charge is -2.23. The molecule has 3 aromatic carbocycles. The smallest absolute Gasteiger partial charge is 0.322 e. The molecule has 0 aliphatic heterocycles. The van der Waals surface area contributed by atoms with Gasteiger partial charge in [0.25, 0.3) is 21.6 Å². The van der Waals surface area contributed by atoms with Crippen molar-refractivity contribution in [3.63, 3.8) is 0 Å². The highest BCUT2D eigenvalue weighted by Crippen LogP contribution is 2.28. The van der Waals surface area contributed by atoms with Crippen LogP contribution in [0, 0.1) is 10.1 Å². The molecule has 38 heavy (non-hydrogen) atoms. The van der Waals surface area contributed by atoms with Crippen molar-refractivity contribution in [2.75, 3.05) is 11.3 Å². The number of amides is 1. The molecule has 0 unspecified atom stereocenters. The standard InChI is InChI=1S/C25H23N3O9S/c1-25(2,16-7-9-17(10-8-16)28(33)34)24(32)37-18-11-13-19(14-12-18)38(35,36)27-21-6-4-3-5-20(21)23(31)26-15-22(29)30/h3-14,27H,15H2,1-2H3,(H,26,31)(H,29,30). The van der Waals surface area contributed by atoms with Crippen LogP contribution in [0.1, 0.15) is 29.8 Å². The number of nitrogens with one attached hydrogen (secondary N) is 2. The fourth-order valence-corrected chi connectivity index (χ4v) is 4.34. The lowest BCUT2D eigenvalue weighted by Crippen LogP contribution is -2.33. The Morgan fingerprint density at radius 2 is 1.58 bits per heavy atom. The Hall–Kier alpha value is -4.78. The van der Waals surface area contributed by atoms with E-state index in [1.807, 2.05) is 0 Å². The second kappa shape index (κ2) is 11.1. The first-order chi connectivity index (χ1) is 17.8. The Kier molecular flexibility index (Phi) is 8.11. The van der Waals surface area contributed by atoms with Gasteiger partial charge in [-0.15, -0.1) is 0 Å². The number of sulfonamides is 1. The fourth-order valence-electron chi connectivity index (χ4n) is 3.26. The van der Waals surface area contributed by atoms with E-state index in [-0.39, 0.29) is 27.6 Å². The van der Waals surface area contributed by atoms with Crippen molar-refractivity contribution < 1.29 is 37.6 Å². The summed E-state index contributed by atoms with van der Waals surface area (Å²) in [6, 6.07) is 16.1. The summed E-state index contributed by atoms with van der Waals surface area (Å²) in [7, 11) is -4.17. The van der Waals surface area contributed by atoms with Gasteiger partial charge in [0.15, 0.2) is 0 Å². The molecule has 0 aliphatic rings. The van der Waals surface area contributed by atoms with Crippen molar-refractivity contribution in [3.05, 3.63) is 94.0 Å². The number of para-hydroxylation sites is 1. The molecular formula is C25H23N3O9S. The van der Waals surface area contributed by atoms with Crippen LogP contribution >= 0.6 is 0 Å². The Labute approximate surface area is 217 Å². The Balaban J connectivity index is 1.74. The summed E-state index contributed by atoms with van der Waals surface area (Å²) in [5.74, 6) is -2.63. The number of non-ortho nitro benzene ring substituents is 1. The molecule has 0 aromatic heterocycles. The molecular weight excluding hydrogens is 518 g/mol. The van der Waals surface area contributed by atoms with Crippen LogP contribution in [0.25, 0.3) is 0 Å². The maximum absolute atomic E-state index is 12.9. The number of nitrogens with zero attached hydrogens (tertiary/aromatic N) is 1. The number of carbonyl (C=O) groups is 3. The average Bonchev–Trinajstić information content (AvgIpc) is 2.87. The van der Waals surface area contributed by atoms with Gasteiger partial charge in [0, 0.05) is 12.1 Å². The minimum atomic E-state index is -4.17. The monoisotopic (exact) mass is 541 g/mol. The van der Waals surface area contributed by atoms with Gasteiger partial charge in [-0.05, 0) is 55.8 Å². The van der Waals surface area contributed by atoms with Crippen molar-refractivity contribution in [1.29, 1.82) is 0 Å². The van der Waals surface area contributed by atoms with Gasteiger partial charge < -0.3 is 15.2 Å². The van der Waals surface area contributed by atoms with Crippen LogP contribution in [-0.4, -0.2) is 42.8 Å². The number of hydrogen-bond acceptors (Lipinski definition) is 8. The Bertz CT molecular complexity index is 1480. The first kappa shape index (κ1) is 27.8. The van der Waals surface area contributed by atoms with Gasteiger partial charge in [0.05, 0.1) is 26.5 Å². The number of carbonyl (C=O) groups excluding carboxylic acids is 2. The summed E-state index contributed by atoms with van der Waals surface area (Å²) in [6.07, 6.45) is 0. The number of carboxylic acids is 1. The maximum Gasteiger partial charge on any atom is 0.322 e. The SMILES string of the molecule is CC(C)(C(=O)Oc1ccc(S(=O)(=O)Nc2ccccc2C(=O)NCC(=O)O)cc1)c1ccc([N+](=O)[O-])cc1. The molecule has 13 heteroatoms. The molecule has 3 aromatic rings. The van der Waals surface area contributed by atoms with E-state index in [0.29, 0.717) is 5.56 Å². The van der Waals surface area contributed by atoms with E-state index in [9.17, 15) is 32.9 Å². The minimum Gasteiger partial charge on any atom is -0.480 e. The second-order valence-corrected chi connectivity index (χ2v) is 10.2. The van der Waals surface area contributed by atoms with Crippen molar-refractivity contribution >= 4 is 39.2 Å². The molecule has 198 valence electrons. The topological polar surface area (TPSA) is 182 Å². The van der Waals surface area contributed by atoms with Crippen LogP contribution in [0.4, 0.5) is 11.4 Å². The van der Waals surface area contributed by atoms with Crippen molar-refractivity contribution in [2.45, 2.75) is 24.2 Å². The number of esters is 1. The van der Waals surface area contributed by atoms with Crippen LogP contribution < -0.4 is 14.8 Å². The first-order valence-corrected chi connectivity index (χ1v) is 12.5. The molecule has 0 bridgehead atoms. The largest absolute Gasteiger partial charge is 0.480 e.